The molecule has 0 aromatic heterocycles. The maximum absolute atomic E-state index is 6.52. The third kappa shape index (κ3) is 3.25. The summed E-state index contributed by atoms with van der Waals surface area (Å²) in [6, 6.07) is 9.13. The highest BCUT2D eigenvalue weighted by Gasteiger charge is 2.23. The Morgan fingerprint density at radius 3 is 2.29 bits per heavy atom. The molecule has 2 unspecified atom stereocenters. The average molecular weight is 251 g/mol. The monoisotopic (exact) mass is 250 g/mol. The zero-order chi connectivity index (χ0) is 12.3. The van der Waals surface area contributed by atoms with Gasteiger partial charge >= 0.3 is 0 Å². The summed E-state index contributed by atoms with van der Waals surface area (Å²) < 4.78 is 0. The number of alkyl halides is 1. The van der Waals surface area contributed by atoms with Gasteiger partial charge in [0.1, 0.15) is 0 Å². The van der Waals surface area contributed by atoms with Crippen LogP contribution in [0.3, 0.4) is 0 Å². The van der Waals surface area contributed by atoms with E-state index in [4.69, 9.17) is 11.6 Å². The molecule has 1 aromatic carbocycles. The predicted octanol–water partition coefficient (Wildman–Crippen LogP) is 5.47. The maximum Gasteiger partial charge on any atom is 0.0404 e. The topological polar surface area (TPSA) is 0 Å². The van der Waals surface area contributed by atoms with Gasteiger partial charge in [0.2, 0.25) is 0 Å². The number of halogens is 1. The molecule has 0 bridgehead atoms. The molecule has 17 heavy (non-hydrogen) atoms. The van der Waals surface area contributed by atoms with Crippen molar-refractivity contribution in [1.82, 2.24) is 0 Å². The quantitative estimate of drug-likeness (QED) is 0.483. The van der Waals surface area contributed by atoms with Crippen LogP contribution in [0.4, 0.5) is 0 Å². The normalized spacial score (nSPS) is 25.9. The van der Waals surface area contributed by atoms with Gasteiger partial charge in [-0.25, -0.2) is 0 Å². The fourth-order valence-electron chi connectivity index (χ4n) is 2.77. The summed E-state index contributed by atoms with van der Waals surface area (Å²) >= 11 is 6.52. The fourth-order valence-corrected chi connectivity index (χ4v) is 3.19. The van der Waals surface area contributed by atoms with Crippen molar-refractivity contribution in [2.24, 2.45) is 0 Å². The van der Waals surface area contributed by atoms with Crippen LogP contribution in [0.15, 0.2) is 24.3 Å². The standard InChI is InChI=1S/C16H23Cl/c1-12(2)13-8-10-14(11-9-13)15-6-4-3-5-7-16(15)17/h8-12,15-16H,3-7H2,1-2H3. The van der Waals surface area contributed by atoms with Gasteiger partial charge in [-0.2, -0.15) is 0 Å². The van der Waals surface area contributed by atoms with Crippen molar-refractivity contribution in [3.8, 4) is 0 Å². The van der Waals surface area contributed by atoms with Gasteiger partial charge in [-0.1, -0.05) is 57.4 Å². The Kier molecular flexibility index (Phi) is 4.50. The minimum Gasteiger partial charge on any atom is -0.122 e. The minimum absolute atomic E-state index is 0.336. The van der Waals surface area contributed by atoms with Gasteiger partial charge < -0.3 is 0 Å². The first-order valence-electron chi connectivity index (χ1n) is 6.92. The molecule has 1 heteroatoms. The molecule has 0 radical (unpaired) electrons. The van der Waals surface area contributed by atoms with Crippen LogP contribution in [0.1, 0.15) is 68.9 Å². The zero-order valence-electron chi connectivity index (χ0n) is 11.0. The third-order valence-corrected chi connectivity index (χ3v) is 4.49. The summed E-state index contributed by atoms with van der Waals surface area (Å²) in [6.45, 7) is 4.48. The Morgan fingerprint density at radius 2 is 1.65 bits per heavy atom. The highest BCUT2D eigenvalue weighted by Crippen LogP contribution is 2.35. The van der Waals surface area contributed by atoms with E-state index in [0.29, 0.717) is 17.2 Å². The lowest BCUT2D eigenvalue weighted by atomic mass is 9.90. The number of hydrogen-bond donors (Lipinski definition) is 0. The van der Waals surface area contributed by atoms with Crippen molar-refractivity contribution >= 4 is 11.6 Å². The molecule has 0 nitrogen and oxygen atoms in total. The molecule has 1 saturated carbocycles. The highest BCUT2D eigenvalue weighted by molar-refractivity contribution is 6.21. The molecule has 0 heterocycles. The molecule has 0 amide bonds. The molecule has 0 N–H and O–H groups in total. The van der Waals surface area contributed by atoms with Crippen molar-refractivity contribution in [2.75, 3.05) is 0 Å². The first-order chi connectivity index (χ1) is 8.18. The van der Waals surface area contributed by atoms with Crippen LogP contribution in [0.5, 0.6) is 0 Å². The summed E-state index contributed by atoms with van der Waals surface area (Å²) in [6.07, 6.45) is 6.42. The number of benzene rings is 1. The second-order valence-corrected chi connectivity index (χ2v) is 6.14. The molecular weight excluding hydrogens is 228 g/mol. The summed E-state index contributed by atoms with van der Waals surface area (Å²) in [5.41, 5.74) is 2.87. The van der Waals surface area contributed by atoms with E-state index < -0.39 is 0 Å². The van der Waals surface area contributed by atoms with E-state index >= 15 is 0 Å². The van der Waals surface area contributed by atoms with E-state index in [-0.39, 0.29) is 0 Å². The van der Waals surface area contributed by atoms with Crippen LogP contribution in [0, 0.1) is 0 Å². The predicted molar refractivity (Wildman–Crippen MR) is 76.0 cm³/mol. The Balaban J connectivity index is 2.14. The van der Waals surface area contributed by atoms with Gasteiger partial charge in [-0.05, 0) is 29.9 Å². The van der Waals surface area contributed by atoms with Crippen LogP contribution < -0.4 is 0 Å². The molecule has 0 spiro atoms. The number of rotatable bonds is 2. The van der Waals surface area contributed by atoms with Gasteiger partial charge in [-0.3, -0.25) is 0 Å². The molecule has 1 aliphatic carbocycles. The smallest absolute Gasteiger partial charge is 0.0404 e. The van der Waals surface area contributed by atoms with Gasteiger partial charge in [0.15, 0.2) is 0 Å². The van der Waals surface area contributed by atoms with E-state index in [1.807, 2.05) is 0 Å². The Bertz CT molecular complexity index is 339. The maximum atomic E-state index is 6.52. The Morgan fingerprint density at radius 1 is 1.00 bits per heavy atom. The lowest BCUT2D eigenvalue weighted by molar-refractivity contribution is 0.599. The van der Waals surface area contributed by atoms with Crippen LogP contribution in [0.25, 0.3) is 0 Å². The summed E-state index contributed by atoms with van der Waals surface area (Å²) in [5, 5.41) is 0.336. The lowest BCUT2D eigenvalue weighted by Crippen LogP contribution is -2.11. The molecule has 94 valence electrons. The molecular formula is C16H23Cl. The molecule has 2 rings (SSSR count). The third-order valence-electron chi connectivity index (χ3n) is 3.96. The Labute approximate surface area is 110 Å². The number of hydrogen-bond acceptors (Lipinski definition) is 0. The van der Waals surface area contributed by atoms with Crippen molar-refractivity contribution < 1.29 is 0 Å². The minimum atomic E-state index is 0.336. The van der Waals surface area contributed by atoms with Gasteiger partial charge in [0.25, 0.3) is 0 Å². The first kappa shape index (κ1) is 13.0. The summed E-state index contributed by atoms with van der Waals surface area (Å²) in [7, 11) is 0. The SMILES string of the molecule is CC(C)c1ccc(C2CCCCCC2Cl)cc1. The van der Waals surface area contributed by atoms with Gasteiger partial charge in [-0.15, -0.1) is 11.6 Å². The highest BCUT2D eigenvalue weighted by atomic mass is 35.5. The van der Waals surface area contributed by atoms with E-state index in [9.17, 15) is 0 Å². The average Bonchev–Trinajstić information content (AvgIpc) is 2.54. The van der Waals surface area contributed by atoms with E-state index in [0.717, 1.165) is 0 Å². The van der Waals surface area contributed by atoms with E-state index in [1.54, 1.807) is 0 Å². The zero-order valence-corrected chi connectivity index (χ0v) is 11.7. The summed E-state index contributed by atoms with van der Waals surface area (Å²) in [5.74, 6) is 1.19. The van der Waals surface area contributed by atoms with Crippen molar-refractivity contribution in [2.45, 2.75) is 63.2 Å². The van der Waals surface area contributed by atoms with Crippen LogP contribution in [-0.2, 0) is 0 Å². The summed E-state index contributed by atoms with van der Waals surface area (Å²) in [4.78, 5) is 0. The van der Waals surface area contributed by atoms with Crippen LogP contribution in [-0.4, -0.2) is 5.38 Å². The first-order valence-corrected chi connectivity index (χ1v) is 7.36. The molecule has 0 aliphatic heterocycles. The molecule has 0 saturated heterocycles. The Hall–Kier alpha value is -0.490. The van der Waals surface area contributed by atoms with E-state index in [1.165, 1.54) is 43.2 Å². The second kappa shape index (κ2) is 5.91. The van der Waals surface area contributed by atoms with Crippen molar-refractivity contribution in [3.63, 3.8) is 0 Å². The lowest BCUT2D eigenvalue weighted by Gasteiger charge is -2.20. The van der Waals surface area contributed by atoms with Crippen molar-refractivity contribution in [1.29, 1.82) is 0 Å². The molecule has 2 atom stereocenters. The van der Waals surface area contributed by atoms with Crippen LogP contribution >= 0.6 is 11.6 Å². The van der Waals surface area contributed by atoms with Gasteiger partial charge in [0, 0.05) is 11.3 Å². The molecule has 1 aliphatic rings. The molecule has 1 fully saturated rings. The largest absolute Gasteiger partial charge is 0.122 e. The van der Waals surface area contributed by atoms with Crippen LogP contribution in [0.2, 0.25) is 0 Å². The van der Waals surface area contributed by atoms with Gasteiger partial charge in [0.05, 0.1) is 0 Å². The fraction of sp³-hybridized carbons (Fsp3) is 0.625. The van der Waals surface area contributed by atoms with E-state index in [2.05, 4.69) is 38.1 Å². The molecule has 1 aromatic rings. The second-order valence-electron chi connectivity index (χ2n) is 5.58. The van der Waals surface area contributed by atoms with Crippen molar-refractivity contribution in [3.05, 3.63) is 35.4 Å².